The van der Waals surface area contributed by atoms with Gasteiger partial charge in [0.2, 0.25) is 0 Å². The smallest absolute Gasteiger partial charge is 0.00173 e. The third-order valence-electron chi connectivity index (χ3n) is 3.78. The Balaban J connectivity index is 1.93. The Morgan fingerprint density at radius 3 is 2.44 bits per heavy atom. The van der Waals surface area contributed by atoms with Crippen LogP contribution in [-0.4, -0.2) is 6.54 Å². The lowest BCUT2D eigenvalue weighted by molar-refractivity contribution is 0.521. The molecule has 2 aromatic carbocycles. The number of benzene rings is 2. The third-order valence-corrected chi connectivity index (χ3v) is 3.78. The van der Waals surface area contributed by atoms with Crippen molar-refractivity contribution in [2.24, 2.45) is 11.1 Å². The lowest BCUT2D eigenvalue weighted by Gasteiger charge is -2.12. The van der Waals surface area contributed by atoms with Crippen LogP contribution in [0.3, 0.4) is 0 Å². The van der Waals surface area contributed by atoms with Crippen molar-refractivity contribution in [2.75, 3.05) is 6.54 Å². The molecule has 2 aromatic rings. The number of fused-ring (bicyclic) bond motifs is 1. The zero-order chi connectivity index (χ0) is 11.0. The van der Waals surface area contributed by atoms with E-state index in [1.165, 1.54) is 29.2 Å². The first-order valence-corrected chi connectivity index (χ1v) is 5.99. The summed E-state index contributed by atoms with van der Waals surface area (Å²) in [6.45, 7) is 0.833. The van der Waals surface area contributed by atoms with Crippen LogP contribution in [0.25, 0.3) is 10.8 Å². The van der Waals surface area contributed by atoms with Gasteiger partial charge >= 0.3 is 0 Å². The monoisotopic (exact) mass is 211 g/mol. The van der Waals surface area contributed by atoms with E-state index >= 15 is 0 Å². The zero-order valence-electron chi connectivity index (χ0n) is 9.45. The van der Waals surface area contributed by atoms with Gasteiger partial charge in [0.15, 0.2) is 0 Å². The summed E-state index contributed by atoms with van der Waals surface area (Å²) in [5, 5.41) is 2.66. The van der Waals surface area contributed by atoms with Crippen molar-refractivity contribution in [2.45, 2.75) is 19.3 Å². The van der Waals surface area contributed by atoms with Crippen molar-refractivity contribution < 1.29 is 0 Å². The van der Waals surface area contributed by atoms with E-state index in [0.717, 1.165) is 13.0 Å². The Morgan fingerprint density at radius 2 is 1.75 bits per heavy atom. The highest BCUT2D eigenvalue weighted by atomic mass is 14.6. The predicted octanol–water partition coefficient (Wildman–Crippen LogP) is 3.12. The second-order valence-electron chi connectivity index (χ2n) is 5.06. The van der Waals surface area contributed by atoms with Gasteiger partial charge in [-0.3, -0.25) is 0 Å². The molecule has 1 heteroatoms. The van der Waals surface area contributed by atoms with Crippen molar-refractivity contribution in [3.8, 4) is 0 Å². The van der Waals surface area contributed by atoms with Crippen LogP contribution in [0.5, 0.6) is 0 Å². The second kappa shape index (κ2) is 3.60. The van der Waals surface area contributed by atoms with Crippen LogP contribution < -0.4 is 5.73 Å². The van der Waals surface area contributed by atoms with Crippen LogP contribution >= 0.6 is 0 Å². The summed E-state index contributed by atoms with van der Waals surface area (Å²) in [4.78, 5) is 0. The average Bonchev–Trinajstić information content (AvgIpc) is 3.09. The first-order chi connectivity index (χ1) is 7.81. The van der Waals surface area contributed by atoms with Crippen LogP contribution in [-0.2, 0) is 6.42 Å². The fourth-order valence-electron chi connectivity index (χ4n) is 2.41. The predicted molar refractivity (Wildman–Crippen MR) is 68.4 cm³/mol. The molecule has 1 saturated carbocycles. The van der Waals surface area contributed by atoms with Crippen LogP contribution in [0, 0.1) is 5.41 Å². The largest absolute Gasteiger partial charge is 0.330 e. The molecule has 0 aliphatic heterocycles. The van der Waals surface area contributed by atoms with E-state index in [4.69, 9.17) is 5.73 Å². The standard InChI is InChI=1S/C15H17N/c16-11-15(7-8-15)10-12-5-6-13-3-1-2-4-14(13)9-12/h1-6,9H,7-8,10-11,16H2. The van der Waals surface area contributed by atoms with Crippen LogP contribution in [0.1, 0.15) is 18.4 Å². The van der Waals surface area contributed by atoms with E-state index in [2.05, 4.69) is 42.5 Å². The van der Waals surface area contributed by atoms with Gasteiger partial charge in [0.05, 0.1) is 0 Å². The minimum Gasteiger partial charge on any atom is -0.330 e. The molecule has 2 N–H and O–H groups in total. The highest BCUT2D eigenvalue weighted by molar-refractivity contribution is 5.83. The van der Waals surface area contributed by atoms with E-state index < -0.39 is 0 Å². The minimum atomic E-state index is 0.433. The molecular weight excluding hydrogens is 194 g/mol. The fraction of sp³-hybridized carbons (Fsp3) is 0.333. The number of nitrogens with two attached hydrogens (primary N) is 1. The van der Waals surface area contributed by atoms with E-state index in [1.54, 1.807) is 0 Å². The van der Waals surface area contributed by atoms with E-state index in [1.807, 2.05) is 0 Å². The Kier molecular flexibility index (Phi) is 2.22. The summed E-state index contributed by atoms with van der Waals surface area (Å²) in [6, 6.07) is 15.3. The molecule has 16 heavy (non-hydrogen) atoms. The molecule has 0 radical (unpaired) electrons. The third kappa shape index (κ3) is 1.72. The first-order valence-electron chi connectivity index (χ1n) is 5.99. The van der Waals surface area contributed by atoms with E-state index in [-0.39, 0.29) is 0 Å². The highest BCUT2D eigenvalue weighted by Gasteiger charge is 2.40. The molecular formula is C15H17N. The number of hydrogen-bond acceptors (Lipinski definition) is 1. The molecule has 0 amide bonds. The van der Waals surface area contributed by atoms with Crippen molar-refractivity contribution in [3.63, 3.8) is 0 Å². The molecule has 0 spiro atoms. The normalized spacial score (nSPS) is 17.6. The maximum Gasteiger partial charge on any atom is -0.00173 e. The molecule has 0 aromatic heterocycles. The molecule has 3 rings (SSSR count). The van der Waals surface area contributed by atoms with Gasteiger partial charge in [-0.15, -0.1) is 0 Å². The van der Waals surface area contributed by atoms with E-state index in [9.17, 15) is 0 Å². The Labute approximate surface area is 96.3 Å². The van der Waals surface area contributed by atoms with Crippen LogP contribution in [0.2, 0.25) is 0 Å². The van der Waals surface area contributed by atoms with Gasteiger partial charge in [-0.25, -0.2) is 0 Å². The first kappa shape index (κ1) is 9.86. The lowest BCUT2D eigenvalue weighted by Crippen LogP contribution is -2.17. The topological polar surface area (TPSA) is 26.0 Å². The molecule has 0 saturated heterocycles. The summed E-state index contributed by atoms with van der Waals surface area (Å²) < 4.78 is 0. The van der Waals surface area contributed by atoms with Gasteiger partial charge in [-0.1, -0.05) is 42.5 Å². The van der Waals surface area contributed by atoms with Gasteiger partial charge in [-0.05, 0) is 47.6 Å². The molecule has 0 atom stereocenters. The quantitative estimate of drug-likeness (QED) is 0.829. The van der Waals surface area contributed by atoms with Gasteiger partial charge < -0.3 is 5.73 Å². The van der Waals surface area contributed by atoms with Crippen LogP contribution in [0.4, 0.5) is 0 Å². The fourth-order valence-corrected chi connectivity index (χ4v) is 2.41. The average molecular weight is 211 g/mol. The number of rotatable bonds is 3. The minimum absolute atomic E-state index is 0.433. The van der Waals surface area contributed by atoms with Gasteiger partial charge in [0, 0.05) is 0 Å². The van der Waals surface area contributed by atoms with Crippen molar-refractivity contribution >= 4 is 10.8 Å². The van der Waals surface area contributed by atoms with E-state index in [0.29, 0.717) is 5.41 Å². The summed E-state index contributed by atoms with van der Waals surface area (Å²) >= 11 is 0. The summed E-state index contributed by atoms with van der Waals surface area (Å²) in [5.41, 5.74) is 7.69. The molecule has 0 heterocycles. The van der Waals surface area contributed by atoms with Gasteiger partial charge in [0.1, 0.15) is 0 Å². The molecule has 0 bridgehead atoms. The SMILES string of the molecule is NCC1(Cc2ccc3ccccc3c2)CC1. The lowest BCUT2D eigenvalue weighted by atomic mass is 9.95. The zero-order valence-corrected chi connectivity index (χ0v) is 9.45. The van der Waals surface area contributed by atoms with Gasteiger partial charge in [0.25, 0.3) is 0 Å². The second-order valence-corrected chi connectivity index (χ2v) is 5.06. The molecule has 1 fully saturated rings. The number of hydrogen-bond donors (Lipinski definition) is 1. The molecule has 1 aliphatic rings. The highest BCUT2D eigenvalue weighted by Crippen LogP contribution is 2.47. The Hall–Kier alpha value is -1.34. The maximum absolute atomic E-state index is 5.83. The Bertz CT molecular complexity index is 512. The molecule has 82 valence electrons. The maximum atomic E-state index is 5.83. The molecule has 1 aliphatic carbocycles. The summed E-state index contributed by atoms with van der Waals surface area (Å²) in [7, 11) is 0. The van der Waals surface area contributed by atoms with Crippen molar-refractivity contribution in [1.82, 2.24) is 0 Å². The molecule has 1 nitrogen and oxygen atoms in total. The van der Waals surface area contributed by atoms with Crippen molar-refractivity contribution in [3.05, 3.63) is 48.0 Å². The van der Waals surface area contributed by atoms with Crippen LogP contribution in [0.15, 0.2) is 42.5 Å². The summed E-state index contributed by atoms with van der Waals surface area (Å²) in [6.07, 6.45) is 3.75. The van der Waals surface area contributed by atoms with Gasteiger partial charge in [-0.2, -0.15) is 0 Å². The summed E-state index contributed by atoms with van der Waals surface area (Å²) in [5.74, 6) is 0. The van der Waals surface area contributed by atoms with Crippen molar-refractivity contribution in [1.29, 1.82) is 0 Å². The Morgan fingerprint density at radius 1 is 1.00 bits per heavy atom. The molecule has 0 unspecified atom stereocenters.